The van der Waals surface area contributed by atoms with Crippen molar-refractivity contribution < 1.29 is 14.7 Å². The highest BCUT2D eigenvalue weighted by atomic mass is 31.2. The summed E-state index contributed by atoms with van der Waals surface area (Å²) in [5.41, 5.74) is 5.23. The molecule has 0 fully saturated rings. The third kappa shape index (κ3) is 3.97. The molecule has 0 amide bonds. The standard InChI is InChI=1S/C23H26O3P/c1-16-19(17-11-7-5-8-12-17)15-20(27(24,25)26)22(23(2,3)4)21(16)18-13-9-6-10-14-18/h5-15,24-26H,1-4H3/q+1. The van der Waals surface area contributed by atoms with Gasteiger partial charge in [-0.15, -0.1) is 0 Å². The lowest BCUT2D eigenvalue weighted by atomic mass is 9.78. The second kappa shape index (κ2) is 7.18. The predicted octanol–water partition coefficient (Wildman–Crippen LogP) is 4.99. The molecule has 0 saturated carbocycles. The second-order valence-electron chi connectivity index (χ2n) is 7.87. The molecular formula is C23H26O3P+. The predicted molar refractivity (Wildman–Crippen MR) is 114 cm³/mol. The smallest absolute Gasteiger partial charge is 0.189 e. The normalized spacial score (nSPS) is 12.3. The summed E-state index contributed by atoms with van der Waals surface area (Å²) in [4.78, 5) is 30.9. The van der Waals surface area contributed by atoms with Crippen molar-refractivity contribution in [1.29, 1.82) is 0 Å². The highest BCUT2D eigenvalue weighted by Gasteiger charge is 2.42. The van der Waals surface area contributed by atoms with E-state index < -0.39 is 7.94 Å². The Morgan fingerprint density at radius 2 is 1.22 bits per heavy atom. The summed E-state index contributed by atoms with van der Waals surface area (Å²) in [5, 5.41) is 0.221. The molecule has 0 aliphatic rings. The zero-order valence-corrected chi connectivity index (χ0v) is 17.0. The van der Waals surface area contributed by atoms with Crippen LogP contribution in [-0.2, 0) is 5.41 Å². The van der Waals surface area contributed by atoms with E-state index in [9.17, 15) is 14.7 Å². The maximum atomic E-state index is 10.3. The van der Waals surface area contributed by atoms with Gasteiger partial charge in [0, 0.05) is 5.56 Å². The van der Waals surface area contributed by atoms with Crippen molar-refractivity contribution in [3.8, 4) is 22.3 Å². The van der Waals surface area contributed by atoms with Crippen molar-refractivity contribution >= 4 is 13.2 Å². The van der Waals surface area contributed by atoms with Gasteiger partial charge in [0.05, 0.1) is 0 Å². The number of rotatable bonds is 3. The van der Waals surface area contributed by atoms with Crippen LogP contribution in [0, 0.1) is 6.92 Å². The van der Waals surface area contributed by atoms with Gasteiger partial charge in [-0.25, -0.2) is 0 Å². The molecule has 0 bridgehead atoms. The Kier molecular flexibility index (Phi) is 5.24. The zero-order valence-electron chi connectivity index (χ0n) is 16.1. The van der Waals surface area contributed by atoms with Crippen molar-refractivity contribution in [2.24, 2.45) is 0 Å². The zero-order chi connectivity index (χ0) is 19.8. The van der Waals surface area contributed by atoms with Gasteiger partial charge in [0.2, 0.25) is 0 Å². The van der Waals surface area contributed by atoms with Gasteiger partial charge < -0.3 is 0 Å². The van der Waals surface area contributed by atoms with E-state index in [0.717, 1.165) is 33.4 Å². The molecule has 0 radical (unpaired) electrons. The van der Waals surface area contributed by atoms with Crippen molar-refractivity contribution in [2.45, 2.75) is 33.1 Å². The molecule has 3 aromatic carbocycles. The molecule has 0 heterocycles. The molecule has 3 rings (SSSR count). The monoisotopic (exact) mass is 381 g/mol. The van der Waals surface area contributed by atoms with Crippen LogP contribution in [0.25, 0.3) is 22.3 Å². The van der Waals surface area contributed by atoms with Crippen LogP contribution in [-0.4, -0.2) is 14.7 Å². The fraction of sp³-hybridized carbons (Fsp3) is 0.217. The molecule has 0 aromatic heterocycles. The van der Waals surface area contributed by atoms with Crippen LogP contribution in [0.5, 0.6) is 0 Å². The second-order valence-corrected chi connectivity index (χ2v) is 9.49. The summed E-state index contributed by atoms with van der Waals surface area (Å²) >= 11 is 0. The first-order valence-electron chi connectivity index (χ1n) is 8.97. The third-order valence-corrected chi connectivity index (χ3v) is 5.79. The molecule has 0 aliphatic heterocycles. The summed E-state index contributed by atoms with van der Waals surface area (Å²) in [6.45, 7) is 8.12. The minimum Gasteiger partial charge on any atom is -0.189 e. The number of hydrogen-bond acceptors (Lipinski definition) is 3. The molecular weight excluding hydrogens is 355 g/mol. The summed E-state index contributed by atoms with van der Waals surface area (Å²) in [7, 11) is -4.22. The van der Waals surface area contributed by atoms with E-state index in [4.69, 9.17) is 0 Å². The molecule has 27 heavy (non-hydrogen) atoms. The first kappa shape index (κ1) is 19.7. The summed E-state index contributed by atoms with van der Waals surface area (Å²) in [6.07, 6.45) is 0. The molecule has 3 N–H and O–H groups in total. The lowest BCUT2D eigenvalue weighted by Crippen LogP contribution is -2.27. The summed E-state index contributed by atoms with van der Waals surface area (Å²) in [5.74, 6) is 0. The third-order valence-electron chi connectivity index (χ3n) is 4.79. The van der Waals surface area contributed by atoms with Gasteiger partial charge in [-0.1, -0.05) is 81.4 Å². The van der Waals surface area contributed by atoms with Gasteiger partial charge in [-0.3, -0.25) is 0 Å². The van der Waals surface area contributed by atoms with Crippen LogP contribution in [0.1, 0.15) is 31.9 Å². The van der Waals surface area contributed by atoms with Crippen LogP contribution in [0.2, 0.25) is 0 Å². The van der Waals surface area contributed by atoms with Gasteiger partial charge >= 0.3 is 7.94 Å². The first-order chi connectivity index (χ1) is 12.6. The van der Waals surface area contributed by atoms with Gasteiger partial charge in [0.25, 0.3) is 0 Å². The molecule has 0 saturated heterocycles. The molecule has 4 heteroatoms. The van der Waals surface area contributed by atoms with Crippen molar-refractivity contribution in [3.05, 3.63) is 77.9 Å². The molecule has 0 unspecified atom stereocenters. The van der Waals surface area contributed by atoms with Crippen LogP contribution in [0.4, 0.5) is 0 Å². The Morgan fingerprint density at radius 3 is 1.67 bits per heavy atom. The fourth-order valence-electron chi connectivity index (χ4n) is 3.65. The molecule has 3 aromatic rings. The van der Waals surface area contributed by atoms with E-state index in [1.807, 2.05) is 81.4 Å². The lowest BCUT2D eigenvalue weighted by Gasteiger charge is -2.28. The maximum absolute atomic E-state index is 10.3. The van der Waals surface area contributed by atoms with Gasteiger partial charge in [0.1, 0.15) is 0 Å². The van der Waals surface area contributed by atoms with Crippen molar-refractivity contribution in [2.75, 3.05) is 0 Å². The van der Waals surface area contributed by atoms with Crippen LogP contribution < -0.4 is 5.30 Å². The number of benzene rings is 3. The van der Waals surface area contributed by atoms with Gasteiger partial charge in [0.15, 0.2) is 5.30 Å². The average Bonchev–Trinajstić information content (AvgIpc) is 2.61. The summed E-state index contributed by atoms with van der Waals surface area (Å²) < 4.78 is 0. The Morgan fingerprint density at radius 1 is 0.741 bits per heavy atom. The Labute approximate surface area is 161 Å². The molecule has 0 spiro atoms. The van der Waals surface area contributed by atoms with Crippen LogP contribution in [0.3, 0.4) is 0 Å². The van der Waals surface area contributed by atoms with Crippen LogP contribution >= 0.6 is 7.94 Å². The van der Waals surface area contributed by atoms with E-state index in [1.165, 1.54) is 0 Å². The van der Waals surface area contributed by atoms with Crippen molar-refractivity contribution in [1.82, 2.24) is 0 Å². The lowest BCUT2D eigenvalue weighted by molar-refractivity contribution is 0.346. The van der Waals surface area contributed by atoms with E-state index in [-0.39, 0.29) is 10.7 Å². The number of hydrogen-bond donors (Lipinski definition) is 3. The van der Waals surface area contributed by atoms with E-state index in [1.54, 1.807) is 6.07 Å². The Balaban J connectivity index is 2.49. The van der Waals surface area contributed by atoms with Crippen LogP contribution in [0.15, 0.2) is 66.7 Å². The SMILES string of the molecule is Cc1c(-c2ccccc2)cc([P+](O)(O)O)c(C(C)(C)C)c1-c1ccccc1. The first-order valence-corrected chi connectivity index (χ1v) is 10.6. The quantitative estimate of drug-likeness (QED) is 0.560. The van der Waals surface area contributed by atoms with E-state index in [0.29, 0.717) is 0 Å². The minimum absolute atomic E-state index is 0.221. The molecule has 3 nitrogen and oxygen atoms in total. The maximum Gasteiger partial charge on any atom is 0.441 e. The molecule has 140 valence electrons. The highest BCUT2D eigenvalue weighted by molar-refractivity contribution is 7.66. The van der Waals surface area contributed by atoms with E-state index >= 15 is 0 Å². The summed E-state index contributed by atoms with van der Waals surface area (Å²) in [6, 6.07) is 21.5. The van der Waals surface area contributed by atoms with E-state index in [2.05, 4.69) is 6.92 Å². The Hall–Kier alpha value is -2.03. The highest BCUT2D eigenvalue weighted by Crippen LogP contribution is 2.50. The Bertz CT molecular complexity index is 937. The average molecular weight is 381 g/mol. The van der Waals surface area contributed by atoms with Crippen molar-refractivity contribution in [3.63, 3.8) is 0 Å². The fourth-order valence-corrected chi connectivity index (χ4v) is 4.70. The van der Waals surface area contributed by atoms with Gasteiger partial charge in [-0.05, 0) is 46.2 Å². The molecule has 0 aliphatic carbocycles. The molecule has 0 atom stereocenters. The minimum atomic E-state index is -4.22. The van der Waals surface area contributed by atoms with Gasteiger partial charge in [-0.2, -0.15) is 14.7 Å². The largest absolute Gasteiger partial charge is 0.441 e. The topological polar surface area (TPSA) is 60.7 Å².